The zero-order valence-electron chi connectivity index (χ0n) is 10.8. The van der Waals surface area contributed by atoms with Gasteiger partial charge in [0.2, 0.25) is 0 Å². The normalized spacial score (nSPS) is 11.5. The van der Waals surface area contributed by atoms with Crippen molar-refractivity contribution in [1.29, 1.82) is 0 Å². The monoisotopic (exact) mass is 214 g/mol. The smallest absolute Gasteiger partial charge is 0.0158 e. The molecule has 0 saturated heterocycles. The maximum absolute atomic E-state index is 3.80. The third-order valence-corrected chi connectivity index (χ3v) is 2.15. The van der Waals surface area contributed by atoms with Gasteiger partial charge in [-0.1, -0.05) is 69.0 Å². The van der Waals surface area contributed by atoms with E-state index < -0.39 is 0 Å². The first-order chi connectivity index (χ1) is 7.79. The lowest BCUT2D eigenvalue weighted by Gasteiger charge is -2.05. The van der Waals surface area contributed by atoms with Gasteiger partial charge in [-0.05, 0) is 30.6 Å². The Kier molecular flexibility index (Phi) is 7.87. The molecule has 0 N–H and O–H groups in total. The van der Waals surface area contributed by atoms with Crippen molar-refractivity contribution in [2.24, 2.45) is 0 Å². The van der Waals surface area contributed by atoms with Gasteiger partial charge in [0.15, 0.2) is 0 Å². The van der Waals surface area contributed by atoms with Crippen LogP contribution in [0.4, 0.5) is 0 Å². The first kappa shape index (κ1) is 14.4. The van der Waals surface area contributed by atoms with E-state index in [2.05, 4.69) is 49.9 Å². The standard InChI is InChI=1S/C14H16.C2H6/c1-4-9-14(12(3)5-2)13-10-7-6-8-11-13;1-2/h4-11H,2H2,1,3H3;1-2H3/b9-4-,14-12+;. The Hall–Kier alpha value is -1.56. The molecule has 1 aromatic carbocycles. The summed E-state index contributed by atoms with van der Waals surface area (Å²) in [4.78, 5) is 0. The summed E-state index contributed by atoms with van der Waals surface area (Å²) in [5, 5.41) is 0. The molecule has 1 aromatic rings. The van der Waals surface area contributed by atoms with Crippen LogP contribution in [-0.4, -0.2) is 0 Å². The largest absolute Gasteiger partial charge is 0.0988 e. The van der Waals surface area contributed by atoms with E-state index in [9.17, 15) is 0 Å². The molecule has 0 aliphatic rings. The predicted molar refractivity (Wildman–Crippen MR) is 75.4 cm³/mol. The lowest BCUT2D eigenvalue weighted by molar-refractivity contribution is 1.50. The summed E-state index contributed by atoms with van der Waals surface area (Å²) in [5.74, 6) is 0. The molecule has 0 bridgehead atoms. The fourth-order valence-electron chi connectivity index (χ4n) is 1.35. The second-order valence-electron chi connectivity index (χ2n) is 3.17. The van der Waals surface area contributed by atoms with Crippen LogP contribution in [0.3, 0.4) is 0 Å². The molecule has 0 amide bonds. The van der Waals surface area contributed by atoms with Crippen LogP contribution in [0.2, 0.25) is 0 Å². The predicted octanol–water partition coefficient (Wildman–Crippen LogP) is 5.25. The highest BCUT2D eigenvalue weighted by molar-refractivity contribution is 5.77. The van der Waals surface area contributed by atoms with Gasteiger partial charge in [-0.15, -0.1) is 0 Å². The topological polar surface area (TPSA) is 0 Å². The molecule has 0 atom stereocenters. The minimum Gasteiger partial charge on any atom is -0.0988 e. The number of allylic oxidation sites excluding steroid dienone is 5. The molecule has 86 valence electrons. The van der Waals surface area contributed by atoms with Gasteiger partial charge in [0, 0.05) is 0 Å². The highest BCUT2D eigenvalue weighted by Crippen LogP contribution is 2.20. The fourth-order valence-corrected chi connectivity index (χ4v) is 1.35. The van der Waals surface area contributed by atoms with Crippen LogP contribution in [0.25, 0.3) is 5.57 Å². The van der Waals surface area contributed by atoms with Crippen LogP contribution in [0.1, 0.15) is 33.3 Å². The first-order valence-electron chi connectivity index (χ1n) is 5.81. The van der Waals surface area contributed by atoms with E-state index in [1.54, 1.807) is 0 Å². The number of benzene rings is 1. The van der Waals surface area contributed by atoms with Crippen molar-refractivity contribution < 1.29 is 0 Å². The summed E-state index contributed by atoms with van der Waals surface area (Å²) in [7, 11) is 0. The van der Waals surface area contributed by atoms with Gasteiger partial charge in [-0.3, -0.25) is 0 Å². The minimum atomic E-state index is 1.20. The molecule has 0 radical (unpaired) electrons. The van der Waals surface area contributed by atoms with Crippen molar-refractivity contribution in [3.05, 3.63) is 66.3 Å². The quantitative estimate of drug-likeness (QED) is 0.603. The van der Waals surface area contributed by atoms with Crippen LogP contribution in [0.5, 0.6) is 0 Å². The highest BCUT2D eigenvalue weighted by atomic mass is 14.0. The van der Waals surface area contributed by atoms with Crippen LogP contribution >= 0.6 is 0 Å². The van der Waals surface area contributed by atoms with Crippen LogP contribution in [0, 0.1) is 0 Å². The van der Waals surface area contributed by atoms with Gasteiger partial charge >= 0.3 is 0 Å². The summed E-state index contributed by atoms with van der Waals surface area (Å²) in [5.41, 5.74) is 3.68. The van der Waals surface area contributed by atoms with E-state index in [0.29, 0.717) is 0 Å². The molecule has 0 fully saturated rings. The Morgan fingerprint density at radius 3 is 2.12 bits per heavy atom. The first-order valence-corrected chi connectivity index (χ1v) is 5.81. The Balaban J connectivity index is 0.00000106. The number of hydrogen-bond acceptors (Lipinski definition) is 0. The van der Waals surface area contributed by atoms with E-state index in [0.717, 1.165) is 0 Å². The summed E-state index contributed by atoms with van der Waals surface area (Å²) in [6.45, 7) is 11.9. The Morgan fingerprint density at radius 1 is 1.12 bits per heavy atom. The number of rotatable bonds is 3. The fraction of sp³-hybridized carbons (Fsp3) is 0.250. The van der Waals surface area contributed by atoms with Crippen molar-refractivity contribution in [3.63, 3.8) is 0 Å². The van der Waals surface area contributed by atoms with Gasteiger partial charge in [0.1, 0.15) is 0 Å². The van der Waals surface area contributed by atoms with E-state index in [1.165, 1.54) is 16.7 Å². The molecule has 0 nitrogen and oxygen atoms in total. The second kappa shape index (κ2) is 8.72. The Labute approximate surface area is 100 Å². The molecule has 0 spiro atoms. The highest BCUT2D eigenvalue weighted by Gasteiger charge is 1.98. The van der Waals surface area contributed by atoms with Gasteiger partial charge in [-0.2, -0.15) is 0 Å². The van der Waals surface area contributed by atoms with E-state index in [-0.39, 0.29) is 0 Å². The third-order valence-electron chi connectivity index (χ3n) is 2.15. The zero-order valence-corrected chi connectivity index (χ0v) is 10.8. The van der Waals surface area contributed by atoms with Gasteiger partial charge < -0.3 is 0 Å². The molecule has 0 heterocycles. The summed E-state index contributed by atoms with van der Waals surface area (Å²) < 4.78 is 0. The Morgan fingerprint density at radius 2 is 1.69 bits per heavy atom. The molecule has 1 rings (SSSR count). The molecule has 0 unspecified atom stereocenters. The van der Waals surface area contributed by atoms with Crippen molar-refractivity contribution in [1.82, 2.24) is 0 Å². The molecule has 0 aromatic heterocycles. The van der Waals surface area contributed by atoms with Gasteiger partial charge in [-0.25, -0.2) is 0 Å². The van der Waals surface area contributed by atoms with Crippen molar-refractivity contribution >= 4 is 5.57 Å². The SMILES string of the molecule is C=C/C(C)=C(\C=C/C)c1ccccc1.CC. The number of hydrogen-bond donors (Lipinski definition) is 0. The summed E-state index contributed by atoms with van der Waals surface area (Å²) in [6.07, 6.45) is 6.06. The van der Waals surface area contributed by atoms with Crippen LogP contribution in [-0.2, 0) is 0 Å². The van der Waals surface area contributed by atoms with Crippen molar-refractivity contribution in [2.45, 2.75) is 27.7 Å². The molecule has 16 heavy (non-hydrogen) atoms. The maximum atomic E-state index is 3.80. The minimum absolute atomic E-state index is 1.20. The molecular weight excluding hydrogens is 192 g/mol. The lowest BCUT2D eigenvalue weighted by atomic mass is 10.0. The van der Waals surface area contributed by atoms with Crippen molar-refractivity contribution in [2.75, 3.05) is 0 Å². The second-order valence-corrected chi connectivity index (χ2v) is 3.17. The van der Waals surface area contributed by atoms with E-state index in [4.69, 9.17) is 0 Å². The zero-order chi connectivity index (χ0) is 12.4. The maximum Gasteiger partial charge on any atom is -0.0158 e. The summed E-state index contributed by atoms with van der Waals surface area (Å²) in [6, 6.07) is 10.4. The summed E-state index contributed by atoms with van der Waals surface area (Å²) >= 11 is 0. The molecule has 0 aliphatic carbocycles. The van der Waals surface area contributed by atoms with E-state index in [1.807, 2.05) is 32.9 Å². The molecule has 0 saturated carbocycles. The lowest BCUT2D eigenvalue weighted by Crippen LogP contribution is -1.83. The average Bonchev–Trinajstić information content (AvgIpc) is 2.38. The van der Waals surface area contributed by atoms with Crippen molar-refractivity contribution in [3.8, 4) is 0 Å². The average molecular weight is 214 g/mol. The molecule has 0 aliphatic heterocycles. The van der Waals surface area contributed by atoms with Crippen LogP contribution in [0.15, 0.2) is 60.7 Å². The van der Waals surface area contributed by atoms with E-state index >= 15 is 0 Å². The Bertz CT molecular complexity index is 353. The van der Waals surface area contributed by atoms with Gasteiger partial charge in [0.25, 0.3) is 0 Å². The third kappa shape index (κ3) is 4.31. The van der Waals surface area contributed by atoms with Crippen LogP contribution < -0.4 is 0 Å². The molecular formula is C16H22. The van der Waals surface area contributed by atoms with Gasteiger partial charge in [0.05, 0.1) is 0 Å². The molecule has 0 heteroatoms.